The molecule has 0 aliphatic rings. The molecule has 0 unspecified atom stereocenters. The number of hydrogen-bond donors (Lipinski definition) is 1. The molecule has 0 saturated heterocycles. The number of halogens is 2. The van der Waals surface area contributed by atoms with E-state index in [1.165, 1.54) is 0 Å². The normalized spacial score (nSPS) is 13.1. The lowest BCUT2D eigenvalue weighted by atomic mass is 10.1. The van der Waals surface area contributed by atoms with E-state index in [0.717, 1.165) is 14.5 Å². The molecule has 0 aliphatic carbocycles. The number of aliphatic hydroxyl groups is 1. The smallest absolute Gasteiger partial charge is 0.0762 e. The summed E-state index contributed by atoms with van der Waals surface area (Å²) in [6.45, 7) is 1.74. The molecule has 1 rings (SSSR count). The van der Waals surface area contributed by atoms with Crippen molar-refractivity contribution >= 4 is 31.9 Å². The molecule has 0 bridgehead atoms. The van der Waals surface area contributed by atoms with Gasteiger partial charge in [-0.15, -0.1) is 0 Å². The molecule has 0 radical (unpaired) electrons. The van der Waals surface area contributed by atoms with E-state index < -0.39 is 6.10 Å². The second-order valence-electron chi connectivity index (χ2n) is 2.38. The number of hydrogen-bond acceptors (Lipinski definition) is 1. The molecule has 0 saturated carbocycles. The third-order valence-electron chi connectivity index (χ3n) is 1.37. The van der Waals surface area contributed by atoms with Crippen LogP contribution in [-0.4, -0.2) is 5.11 Å². The standard InChI is InChI=1S/C8H8Br2O/c1-5(11)6-2-7(9)4-8(10)3-6/h2-5,11H,1H3/t5-/m1/s1. The van der Waals surface area contributed by atoms with Gasteiger partial charge in [0, 0.05) is 8.95 Å². The minimum Gasteiger partial charge on any atom is -0.389 e. The van der Waals surface area contributed by atoms with Gasteiger partial charge < -0.3 is 5.11 Å². The Morgan fingerprint density at radius 1 is 1.18 bits per heavy atom. The third-order valence-corrected chi connectivity index (χ3v) is 2.28. The average Bonchev–Trinajstić information content (AvgIpc) is 1.85. The molecular formula is C8H8Br2O. The third kappa shape index (κ3) is 2.58. The summed E-state index contributed by atoms with van der Waals surface area (Å²) >= 11 is 6.68. The lowest BCUT2D eigenvalue weighted by Gasteiger charge is -2.05. The SMILES string of the molecule is C[C@@H](O)c1cc(Br)cc(Br)c1. The molecule has 0 heterocycles. The minimum absolute atomic E-state index is 0.413. The van der Waals surface area contributed by atoms with Crippen molar-refractivity contribution in [2.75, 3.05) is 0 Å². The van der Waals surface area contributed by atoms with E-state index in [1.54, 1.807) is 6.92 Å². The van der Waals surface area contributed by atoms with Crippen LogP contribution in [0.3, 0.4) is 0 Å². The highest BCUT2D eigenvalue weighted by molar-refractivity contribution is 9.11. The van der Waals surface area contributed by atoms with Gasteiger partial charge in [-0.3, -0.25) is 0 Å². The topological polar surface area (TPSA) is 20.2 Å². The average molecular weight is 280 g/mol. The zero-order chi connectivity index (χ0) is 8.43. The molecule has 0 spiro atoms. The predicted octanol–water partition coefficient (Wildman–Crippen LogP) is 3.26. The first-order valence-electron chi connectivity index (χ1n) is 3.23. The molecular weight excluding hydrogens is 272 g/mol. The highest BCUT2D eigenvalue weighted by Gasteiger charge is 2.02. The molecule has 60 valence electrons. The van der Waals surface area contributed by atoms with E-state index in [0.29, 0.717) is 0 Å². The Morgan fingerprint density at radius 3 is 2.00 bits per heavy atom. The fraction of sp³-hybridized carbons (Fsp3) is 0.250. The Bertz CT molecular complexity index is 238. The van der Waals surface area contributed by atoms with Gasteiger partial charge in [-0.25, -0.2) is 0 Å². The van der Waals surface area contributed by atoms with Crippen molar-refractivity contribution in [3.8, 4) is 0 Å². The molecule has 1 nitrogen and oxygen atoms in total. The second-order valence-corrected chi connectivity index (χ2v) is 4.21. The van der Waals surface area contributed by atoms with Crippen LogP contribution in [0.1, 0.15) is 18.6 Å². The van der Waals surface area contributed by atoms with Crippen LogP contribution in [0.5, 0.6) is 0 Å². The zero-order valence-electron chi connectivity index (χ0n) is 6.01. The number of rotatable bonds is 1. The molecule has 0 aromatic heterocycles. The van der Waals surface area contributed by atoms with Crippen LogP contribution in [0, 0.1) is 0 Å². The summed E-state index contributed by atoms with van der Waals surface area (Å²) in [6.07, 6.45) is -0.413. The Hall–Kier alpha value is 0.140. The predicted molar refractivity (Wildman–Crippen MR) is 52.5 cm³/mol. The largest absolute Gasteiger partial charge is 0.389 e. The molecule has 1 aromatic carbocycles. The van der Waals surface area contributed by atoms with E-state index in [1.807, 2.05) is 18.2 Å². The monoisotopic (exact) mass is 278 g/mol. The van der Waals surface area contributed by atoms with Crippen molar-refractivity contribution in [1.29, 1.82) is 0 Å². The molecule has 11 heavy (non-hydrogen) atoms. The van der Waals surface area contributed by atoms with Crippen molar-refractivity contribution in [3.63, 3.8) is 0 Å². The van der Waals surface area contributed by atoms with Crippen LogP contribution in [0.25, 0.3) is 0 Å². The first-order valence-corrected chi connectivity index (χ1v) is 4.82. The highest BCUT2D eigenvalue weighted by atomic mass is 79.9. The van der Waals surface area contributed by atoms with Crippen molar-refractivity contribution < 1.29 is 5.11 Å². The first kappa shape index (κ1) is 9.23. The molecule has 1 aromatic rings. The van der Waals surface area contributed by atoms with Crippen molar-refractivity contribution in [3.05, 3.63) is 32.7 Å². The van der Waals surface area contributed by atoms with Gasteiger partial charge in [-0.1, -0.05) is 31.9 Å². The van der Waals surface area contributed by atoms with Crippen LogP contribution in [0.15, 0.2) is 27.1 Å². The maximum atomic E-state index is 9.23. The fourth-order valence-corrected chi connectivity index (χ4v) is 2.15. The van der Waals surface area contributed by atoms with Crippen LogP contribution < -0.4 is 0 Å². The van der Waals surface area contributed by atoms with Crippen LogP contribution in [-0.2, 0) is 0 Å². The maximum absolute atomic E-state index is 9.23. The van der Waals surface area contributed by atoms with Crippen molar-refractivity contribution in [1.82, 2.24) is 0 Å². The highest BCUT2D eigenvalue weighted by Crippen LogP contribution is 2.23. The maximum Gasteiger partial charge on any atom is 0.0762 e. The van der Waals surface area contributed by atoms with E-state index in [2.05, 4.69) is 31.9 Å². The molecule has 1 N–H and O–H groups in total. The Kier molecular flexibility index (Phi) is 3.10. The summed E-state index contributed by atoms with van der Waals surface area (Å²) in [7, 11) is 0. The van der Waals surface area contributed by atoms with E-state index in [-0.39, 0.29) is 0 Å². The first-order chi connectivity index (χ1) is 5.09. The van der Waals surface area contributed by atoms with Gasteiger partial charge in [0.25, 0.3) is 0 Å². The number of benzene rings is 1. The van der Waals surface area contributed by atoms with Crippen molar-refractivity contribution in [2.24, 2.45) is 0 Å². The van der Waals surface area contributed by atoms with E-state index >= 15 is 0 Å². The Morgan fingerprint density at radius 2 is 1.64 bits per heavy atom. The summed E-state index contributed by atoms with van der Waals surface area (Å²) in [5.41, 5.74) is 0.909. The zero-order valence-corrected chi connectivity index (χ0v) is 9.18. The van der Waals surface area contributed by atoms with Gasteiger partial charge >= 0.3 is 0 Å². The second kappa shape index (κ2) is 3.70. The molecule has 1 atom stereocenters. The van der Waals surface area contributed by atoms with Gasteiger partial charge in [0.1, 0.15) is 0 Å². The van der Waals surface area contributed by atoms with Gasteiger partial charge in [-0.2, -0.15) is 0 Å². The van der Waals surface area contributed by atoms with Crippen LogP contribution >= 0.6 is 31.9 Å². The Balaban J connectivity index is 3.08. The number of aliphatic hydroxyl groups excluding tert-OH is 1. The van der Waals surface area contributed by atoms with E-state index in [9.17, 15) is 5.11 Å². The van der Waals surface area contributed by atoms with E-state index in [4.69, 9.17) is 0 Å². The van der Waals surface area contributed by atoms with Crippen LogP contribution in [0.2, 0.25) is 0 Å². The summed E-state index contributed by atoms with van der Waals surface area (Å²) in [6, 6.07) is 5.73. The van der Waals surface area contributed by atoms with Crippen LogP contribution in [0.4, 0.5) is 0 Å². The molecule has 0 fully saturated rings. The Labute approximate surface area is 82.7 Å². The lowest BCUT2D eigenvalue weighted by molar-refractivity contribution is 0.199. The summed E-state index contributed by atoms with van der Waals surface area (Å²) < 4.78 is 1.95. The molecule has 0 aliphatic heterocycles. The van der Waals surface area contributed by atoms with Gasteiger partial charge in [0.2, 0.25) is 0 Å². The van der Waals surface area contributed by atoms with Gasteiger partial charge in [0.15, 0.2) is 0 Å². The fourth-order valence-electron chi connectivity index (χ4n) is 0.816. The van der Waals surface area contributed by atoms with Gasteiger partial charge in [-0.05, 0) is 30.7 Å². The summed E-state index contributed by atoms with van der Waals surface area (Å²) in [5, 5.41) is 9.23. The summed E-state index contributed by atoms with van der Waals surface area (Å²) in [4.78, 5) is 0. The van der Waals surface area contributed by atoms with Gasteiger partial charge in [0.05, 0.1) is 6.10 Å². The lowest BCUT2D eigenvalue weighted by Crippen LogP contribution is -1.90. The minimum atomic E-state index is -0.413. The molecule has 0 amide bonds. The summed E-state index contributed by atoms with van der Waals surface area (Å²) in [5.74, 6) is 0. The van der Waals surface area contributed by atoms with Crippen molar-refractivity contribution in [2.45, 2.75) is 13.0 Å². The molecule has 3 heteroatoms. The quantitative estimate of drug-likeness (QED) is 0.837.